The number of hydrogen-bond acceptors (Lipinski definition) is 9. The van der Waals surface area contributed by atoms with Gasteiger partial charge in [-0.2, -0.15) is 4.33 Å². The van der Waals surface area contributed by atoms with Crippen molar-refractivity contribution in [1.82, 2.24) is 0 Å². The van der Waals surface area contributed by atoms with Gasteiger partial charge in [-0.05, 0) is 47.5 Å². The number of sulfone groups is 1. The Hall–Kier alpha value is 2.38. The first-order valence-corrected chi connectivity index (χ1v) is 11.6. The maximum absolute atomic E-state index is 13.1. The van der Waals surface area contributed by atoms with E-state index in [1.165, 1.54) is 24.3 Å². The summed E-state index contributed by atoms with van der Waals surface area (Å²) < 4.78 is 63.7. The van der Waals surface area contributed by atoms with Gasteiger partial charge in [0.1, 0.15) is 0 Å². The molecule has 0 N–H and O–H groups in total. The van der Waals surface area contributed by atoms with Crippen LogP contribution in [0.25, 0.3) is 0 Å². The summed E-state index contributed by atoms with van der Waals surface area (Å²) in [4.78, 5) is -0.596. The minimum Gasteiger partial charge on any atom is -0.748 e. The van der Waals surface area contributed by atoms with Gasteiger partial charge in [-0.3, -0.25) is 5.04 Å². The third-order valence-electron chi connectivity index (χ3n) is 3.25. The molecule has 0 aliphatic carbocycles. The standard InChI is InChI=1S/C14H12Cl2O8S3.2K/c15-11-1-3-13(9(5-11)7-25-24-23-17)27(21,22)14-4-2-12(16)6-10(14)8-26(18,19)20;;/h1-6,17H,7-8H2,(H,18,19,20);;/q;2*+1/p-2. The third kappa shape index (κ3) is 9.64. The molecular formula is C14H10Cl2K2O8S3. The summed E-state index contributed by atoms with van der Waals surface area (Å²) in [7, 11) is -9.01. The molecule has 0 saturated heterocycles. The van der Waals surface area contributed by atoms with Crippen molar-refractivity contribution < 1.29 is 139 Å². The van der Waals surface area contributed by atoms with Crippen LogP contribution in [0.4, 0.5) is 0 Å². The van der Waals surface area contributed by atoms with Crippen molar-refractivity contribution in [2.24, 2.45) is 0 Å². The summed E-state index contributed by atoms with van der Waals surface area (Å²) in [6.07, 6.45) is 0. The first kappa shape index (κ1) is 31.4. The van der Waals surface area contributed by atoms with Gasteiger partial charge in [0.05, 0.1) is 25.7 Å². The van der Waals surface area contributed by atoms with Crippen molar-refractivity contribution in [3.05, 3.63) is 57.6 Å². The number of rotatable bonds is 8. The van der Waals surface area contributed by atoms with Gasteiger partial charge >= 0.3 is 103 Å². The van der Waals surface area contributed by atoms with Crippen molar-refractivity contribution in [2.75, 3.05) is 0 Å². The number of benzene rings is 2. The van der Waals surface area contributed by atoms with Crippen LogP contribution in [0.3, 0.4) is 0 Å². The molecule has 0 aliphatic heterocycles. The molecule has 29 heavy (non-hydrogen) atoms. The van der Waals surface area contributed by atoms with Gasteiger partial charge < -0.3 is 9.81 Å². The normalized spacial score (nSPS) is 11.4. The Morgan fingerprint density at radius 1 is 0.897 bits per heavy atom. The van der Waals surface area contributed by atoms with E-state index in [1.54, 1.807) is 0 Å². The largest absolute Gasteiger partial charge is 1.00 e. The second-order valence-electron chi connectivity index (χ2n) is 5.11. The van der Waals surface area contributed by atoms with E-state index in [0.29, 0.717) is 12.0 Å². The van der Waals surface area contributed by atoms with E-state index in [2.05, 4.69) is 9.37 Å². The van der Waals surface area contributed by atoms with E-state index in [9.17, 15) is 26.6 Å². The summed E-state index contributed by atoms with van der Waals surface area (Å²) in [6.45, 7) is 0. The Morgan fingerprint density at radius 2 is 1.38 bits per heavy atom. The van der Waals surface area contributed by atoms with Gasteiger partial charge in [-0.1, -0.05) is 23.2 Å². The Kier molecular flexibility index (Phi) is 15.1. The van der Waals surface area contributed by atoms with Crippen LogP contribution in [0.5, 0.6) is 0 Å². The van der Waals surface area contributed by atoms with Gasteiger partial charge in [0, 0.05) is 27.8 Å². The van der Waals surface area contributed by atoms with Gasteiger partial charge in [-0.15, -0.1) is 0 Å². The topological polar surface area (TPSA) is 133 Å². The summed E-state index contributed by atoms with van der Waals surface area (Å²) in [5, 5.41) is 13.4. The monoisotopic (exact) mass is 550 g/mol. The molecule has 0 heterocycles. The SMILES string of the molecule is O=S(=O)([O-])Cc1cc(Cl)ccc1S(=O)(=O)c1ccc(Cl)cc1CSOO[O-].[K+].[K+]. The maximum Gasteiger partial charge on any atom is 1.00 e. The average Bonchev–Trinajstić information content (AvgIpc) is 2.53. The van der Waals surface area contributed by atoms with Crippen LogP contribution >= 0.6 is 35.2 Å². The summed E-state index contributed by atoms with van der Waals surface area (Å²) in [5.41, 5.74) is -0.0828. The van der Waals surface area contributed by atoms with E-state index in [-0.39, 0.29) is 139 Å². The Labute approximate surface area is 267 Å². The second-order valence-corrected chi connectivity index (χ2v) is 9.93. The molecule has 0 radical (unpaired) electrons. The zero-order valence-corrected chi connectivity index (χ0v) is 25.3. The summed E-state index contributed by atoms with van der Waals surface area (Å²) in [5.74, 6) is -1.16. The fourth-order valence-corrected chi connectivity index (χ4v) is 5.59. The Morgan fingerprint density at radius 3 is 1.86 bits per heavy atom. The van der Waals surface area contributed by atoms with Crippen molar-refractivity contribution in [1.29, 1.82) is 0 Å². The Balaban J connectivity index is 0.00000392. The van der Waals surface area contributed by atoms with Crippen molar-refractivity contribution in [3.8, 4) is 0 Å². The fourth-order valence-electron chi connectivity index (χ4n) is 2.26. The first-order chi connectivity index (χ1) is 12.5. The molecule has 0 unspecified atom stereocenters. The summed E-state index contributed by atoms with van der Waals surface area (Å²) in [6, 6.07) is 7.36. The molecule has 2 aromatic carbocycles. The predicted octanol–water partition coefficient (Wildman–Crippen LogP) is -3.75. The van der Waals surface area contributed by atoms with Crippen molar-refractivity contribution in [2.45, 2.75) is 21.3 Å². The number of hydrogen-bond donors (Lipinski definition) is 0. The average molecular weight is 552 g/mol. The van der Waals surface area contributed by atoms with E-state index in [1.807, 2.05) is 0 Å². The molecule has 0 saturated carbocycles. The van der Waals surface area contributed by atoms with Crippen LogP contribution < -0.4 is 108 Å². The molecule has 148 valence electrons. The van der Waals surface area contributed by atoms with Gasteiger partial charge in [0.25, 0.3) is 0 Å². The van der Waals surface area contributed by atoms with Crippen molar-refractivity contribution >= 4 is 55.2 Å². The van der Waals surface area contributed by atoms with Crippen LogP contribution in [0.1, 0.15) is 11.1 Å². The first-order valence-electron chi connectivity index (χ1n) is 6.88. The fraction of sp³-hybridized carbons (Fsp3) is 0.143. The molecule has 15 heteroatoms. The number of halogens is 2. The molecule has 0 fully saturated rings. The molecule has 0 aliphatic rings. The van der Waals surface area contributed by atoms with Crippen LogP contribution in [-0.4, -0.2) is 21.4 Å². The Bertz CT molecular complexity index is 1050. The molecule has 2 rings (SSSR count). The van der Waals surface area contributed by atoms with E-state index < -0.39 is 25.7 Å². The maximum atomic E-state index is 13.1. The molecule has 0 spiro atoms. The molecule has 0 atom stereocenters. The second kappa shape index (κ2) is 13.9. The minimum absolute atomic E-state index is 0. The van der Waals surface area contributed by atoms with Crippen molar-refractivity contribution in [3.63, 3.8) is 0 Å². The minimum atomic E-state index is -4.76. The smallest absolute Gasteiger partial charge is 0.748 e. The van der Waals surface area contributed by atoms with Gasteiger partial charge in [0.2, 0.25) is 9.84 Å². The van der Waals surface area contributed by atoms with E-state index >= 15 is 0 Å². The van der Waals surface area contributed by atoms with Crippen LogP contribution in [0.15, 0.2) is 46.2 Å². The molecular weight excluding hydrogens is 541 g/mol. The zero-order valence-electron chi connectivity index (χ0n) is 15.1. The molecule has 0 aromatic heterocycles. The molecule has 8 nitrogen and oxygen atoms in total. The zero-order chi connectivity index (χ0) is 20.2. The molecule has 0 amide bonds. The van der Waals surface area contributed by atoms with Crippen LogP contribution in [0, 0.1) is 0 Å². The van der Waals surface area contributed by atoms with Crippen LogP contribution in [0.2, 0.25) is 10.0 Å². The molecule has 0 bridgehead atoms. The third-order valence-corrected chi connectivity index (χ3v) is 6.92. The summed E-state index contributed by atoms with van der Waals surface area (Å²) >= 11 is 12.2. The molecule has 2 aromatic rings. The predicted molar refractivity (Wildman–Crippen MR) is 95.2 cm³/mol. The van der Waals surface area contributed by atoms with Crippen LogP contribution in [-0.2, 0) is 40.8 Å². The van der Waals surface area contributed by atoms with Gasteiger partial charge in [-0.25, -0.2) is 16.8 Å². The van der Waals surface area contributed by atoms with Gasteiger partial charge in [0.15, 0.2) is 0 Å². The van der Waals surface area contributed by atoms with E-state index in [4.69, 9.17) is 23.2 Å². The van der Waals surface area contributed by atoms with E-state index in [0.717, 1.165) is 12.1 Å². The quantitative estimate of drug-likeness (QED) is 0.0811.